The first-order valence-electron chi connectivity index (χ1n) is 8.01. The standard InChI is InChI=1S/C17H22N2O3/c20-13-18-9-11-19(12-10-18)17(21)14-5-7-16(8-6-14)22-15-3-1-2-4-15/h5-8,13,15H,1-4,9-12H2. The number of ether oxygens (including phenoxy) is 1. The molecule has 1 heterocycles. The molecule has 2 amide bonds. The second kappa shape index (κ2) is 6.81. The first-order valence-corrected chi connectivity index (χ1v) is 8.01. The van der Waals surface area contributed by atoms with Crippen LogP contribution in [0.5, 0.6) is 5.75 Å². The number of piperazine rings is 1. The van der Waals surface area contributed by atoms with Crippen LogP contribution in [0, 0.1) is 0 Å². The van der Waals surface area contributed by atoms with Gasteiger partial charge in [-0.05, 0) is 49.9 Å². The van der Waals surface area contributed by atoms with Gasteiger partial charge in [0, 0.05) is 31.7 Å². The Balaban J connectivity index is 1.57. The molecule has 2 aliphatic rings. The van der Waals surface area contributed by atoms with Crippen molar-refractivity contribution in [1.29, 1.82) is 0 Å². The van der Waals surface area contributed by atoms with E-state index in [2.05, 4.69) is 0 Å². The quantitative estimate of drug-likeness (QED) is 0.799. The van der Waals surface area contributed by atoms with Crippen LogP contribution in [0.4, 0.5) is 0 Å². The molecular weight excluding hydrogens is 280 g/mol. The Hall–Kier alpha value is -2.04. The van der Waals surface area contributed by atoms with Gasteiger partial charge in [0.2, 0.25) is 6.41 Å². The molecular formula is C17H22N2O3. The van der Waals surface area contributed by atoms with E-state index < -0.39 is 0 Å². The molecule has 0 spiro atoms. The highest BCUT2D eigenvalue weighted by Crippen LogP contribution is 2.24. The van der Waals surface area contributed by atoms with Crippen LogP contribution in [0.15, 0.2) is 24.3 Å². The molecule has 22 heavy (non-hydrogen) atoms. The van der Waals surface area contributed by atoms with Gasteiger partial charge in [0.1, 0.15) is 5.75 Å². The molecule has 2 fully saturated rings. The van der Waals surface area contributed by atoms with Gasteiger partial charge in [0.05, 0.1) is 6.10 Å². The van der Waals surface area contributed by atoms with E-state index in [-0.39, 0.29) is 5.91 Å². The molecule has 5 heteroatoms. The molecule has 0 bridgehead atoms. The number of nitrogens with zero attached hydrogens (tertiary/aromatic N) is 2. The number of carbonyl (C=O) groups excluding carboxylic acids is 2. The normalized spacial score (nSPS) is 19.3. The van der Waals surface area contributed by atoms with Crippen LogP contribution in [-0.4, -0.2) is 54.4 Å². The van der Waals surface area contributed by atoms with Crippen molar-refractivity contribution in [2.24, 2.45) is 0 Å². The summed E-state index contributed by atoms with van der Waals surface area (Å²) in [5, 5.41) is 0. The monoisotopic (exact) mass is 302 g/mol. The zero-order valence-electron chi connectivity index (χ0n) is 12.7. The van der Waals surface area contributed by atoms with Gasteiger partial charge in [0.15, 0.2) is 0 Å². The molecule has 0 radical (unpaired) electrons. The van der Waals surface area contributed by atoms with E-state index in [1.54, 1.807) is 9.80 Å². The molecule has 1 saturated heterocycles. The number of hydrogen-bond donors (Lipinski definition) is 0. The van der Waals surface area contributed by atoms with E-state index in [0.717, 1.165) is 25.0 Å². The number of hydrogen-bond acceptors (Lipinski definition) is 3. The molecule has 1 aliphatic carbocycles. The van der Waals surface area contributed by atoms with Crippen LogP contribution in [0.2, 0.25) is 0 Å². The fourth-order valence-corrected chi connectivity index (χ4v) is 3.09. The minimum atomic E-state index is 0.0259. The Morgan fingerprint density at radius 3 is 2.27 bits per heavy atom. The summed E-state index contributed by atoms with van der Waals surface area (Å²) >= 11 is 0. The van der Waals surface area contributed by atoms with Crippen LogP contribution in [0.1, 0.15) is 36.0 Å². The van der Waals surface area contributed by atoms with Crippen LogP contribution in [0.25, 0.3) is 0 Å². The van der Waals surface area contributed by atoms with E-state index in [4.69, 9.17) is 4.74 Å². The molecule has 0 unspecified atom stereocenters. The minimum Gasteiger partial charge on any atom is -0.490 e. The zero-order chi connectivity index (χ0) is 15.4. The van der Waals surface area contributed by atoms with E-state index >= 15 is 0 Å². The summed E-state index contributed by atoms with van der Waals surface area (Å²) in [5.41, 5.74) is 0.679. The maximum absolute atomic E-state index is 12.4. The topological polar surface area (TPSA) is 49.9 Å². The lowest BCUT2D eigenvalue weighted by Gasteiger charge is -2.32. The lowest BCUT2D eigenvalue weighted by molar-refractivity contribution is -0.119. The minimum absolute atomic E-state index is 0.0259. The number of benzene rings is 1. The van der Waals surface area contributed by atoms with Gasteiger partial charge < -0.3 is 14.5 Å². The maximum atomic E-state index is 12.4. The van der Waals surface area contributed by atoms with Crippen molar-refractivity contribution in [2.45, 2.75) is 31.8 Å². The summed E-state index contributed by atoms with van der Waals surface area (Å²) in [6.07, 6.45) is 5.92. The lowest BCUT2D eigenvalue weighted by Crippen LogP contribution is -2.48. The SMILES string of the molecule is O=CN1CCN(C(=O)c2ccc(OC3CCCC3)cc2)CC1. The number of carbonyl (C=O) groups is 2. The fraction of sp³-hybridized carbons (Fsp3) is 0.529. The van der Waals surface area contributed by atoms with E-state index in [9.17, 15) is 9.59 Å². The molecule has 1 aromatic carbocycles. The van der Waals surface area contributed by atoms with Gasteiger partial charge in [-0.1, -0.05) is 0 Å². The van der Waals surface area contributed by atoms with Crippen LogP contribution in [0.3, 0.4) is 0 Å². The highest BCUT2D eigenvalue weighted by molar-refractivity contribution is 5.94. The summed E-state index contributed by atoms with van der Waals surface area (Å²) in [5.74, 6) is 0.868. The van der Waals surface area contributed by atoms with Crippen molar-refractivity contribution < 1.29 is 14.3 Å². The van der Waals surface area contributed by atoms with Crippen LogP contribution < -0.4 is 4.74 Å². The van der Waals surface area contributed by atoms with E-state index in [1.165, 1.54) is 12.8 Å². The molecule has 0 N–H and O–H groups in total. The van der Waals surface area contributed by atoms with E-state index in [1.807, 2.05) is 24.3 Å². The summed E-state index contributed by atoms with van der Waals surface area (Å²) in [6, 6.07) is 7.43. The van der Waals surface area contributed by atoms with Gasteiger partial charge in [-0.25, -0.2) is 0 Å². The fourth-order valence-electron chi connectivity index (χ4n) is 3.09. The Morgan fingerprint density at radius 1 is 1.05 bits per heavy atom. The lowest BCUT2D eigenvalue weighted by atomic mass is 10.1. The highest BCUT2D eigenvalue weighted by Gasteiger charge is 2.21. The third-order valence-corrected chi connectivity index (χ3v) is 4.46. The van der Waals surface area contributed by atoms with Crippen molar-refractivity contribution in [3.63, 3.8) is 0 Å². The smallest absolute Gasteiger partial charge is 0.253 e. The molecule has 0 aromatic heterocycles. The Labute approximate surface area is 130 Å². The second-order valence-corrected chi connectivity index (χ2v) is 5.98. The van der Waals surface area contributed by atoms with E-state index in [0.29, 0.717) is 37.8 Å². The summed E-state index contributed by atoms with van der Waals surface area (Å²) in [6.45, 7) is 2.41. The Morgan fingerprint density at radius 2 is 1.68 bits per heavy atom. The largest absolute Gasteiger partial charge is 0.490 e. The van der Waals surface area contributed by atoms with Gasteiger partial charge in [-0.3, -0.25) is 9.59 Å². The van der Waals surface area contributed by atoms with Crippen LogP contribution >= 0.6 is 0 Å². The summed E-state index contributed by atoms with van der Waals surface area (Å²) in [7, 11) is 0. The molecule has 1 saturated carbocycles. The number of rotatable bonds is 4. The maximum Gasteiger partial charge on any atom is 0.253 e. The predicted octanol–water partition coefficient (Wildman–Crippen LogP) is 1.92. The Kier molecular flexibility index (Phi) is 4.61. The van der Waals surface area contributed by atoms with Gasteiger partial charge in [-0.15, -0.1) is 0 Å². The molecule has 5 nitrogen and oxygen atoms in total. The molecule has 1 aliphatic heterocycles. The summed E-state index contributed by atoms with van der Waals surface area (Å²) in [4.78, 5) is 26.6. The Bertz CT molecular complexity index is 515. The average Bonchev–Trinajstić information content (AvgIpc) is 3.08. The van der Waals surface area contributed by atoms with Gasteiger partial charge in [0.25, 0.3) is 5.91 Å². The van der Waals surface area contributed by atoms with Crippen LogP contribution in [-0.2, 0) is 4.79 Å². The molecule has 1 aromatic rings. The third kappa shape index (κ3) is 3.40. The first-order chi connectivity index (χ1) is 10.8. The van der Waals surface area contributed by atoms with Gasteiger partial charge in [-0.2, -0.15) is 0 Å². The van der Waals surface area contributed by atoms with Crippen molar-refractivity contribution in [2.75, 3.05) is 26.2 Å². The predicted molar refractivity (Wildman–Crippen MR) is 82.9 cm³/mol. The van der Waals surface area contributed by atoms with Crippen molar-refractivity contribution in [1.82, 2.24) is 9.80 Å². The third-order valence-electron chi connectivity index (χ3n) is 4.46. The summed E-state index contributed by atoms with van der Waals surface area (Å²) < 4.78 is 5.91. The van der Waals surface area contributed by atoms with Crippen molar-refractivity contribution in [3.05, 3.63) is 29.8 Å². The van der Waals surface area contributed by atoms with Crippen molar-refractivity contribution in [3.8, 4) is 5.75 Å². The van der Waals surface area contributed by atoms with Gasteiger partial charge >= 0.3 is 0 Å². The zero-order valence-corrected chi connectivity index (χ0v) is 12.7. The second-order valence-electron chi connectivity index (χ2n) is 5.98. The van der Waals surface area contributed by atoms with Crippen molar-refractivity contribution >= 4 is 12.3 Å². The molecule has 3 rings (SSSR count). The molecule has 118 valence electrons. The number of amides is 2. The average molecular weight is 302 g/mol. The molecule has 0 atom stereocenters. The first kappa shape index (κ1) is 14.9. The highest BCUT2D eigenvalue weighted by atomic mass is 16.5.